The summed E-state index contributed by atoms with van der Waals surface area (Å²) in [5.74, 6) is 0.952. The highest BCUT2D eigenvalue weighted by molar-refractivity contribution is 7.91. The number of hydrogen-bond acceptors (Lipinski definition) is 7. The largest absolute Gasteiger partial charge is 0.608 e. The van der Waals surface area contributed by atoms with Crippen molar-refractivity contribution < 1.29 is 27.2 Å². The average Bonchev–Trinajstić information content (AvgIpc) is 2.79. The molecule has 0 saturated carbocycles. The maximum absolute atomic E-state index is 13.5. The minimum absolute atomic E-state index is 0.0421. The fraction of sp³-hybridized carbons (Fsp3) is 0.318. The molecular formula is C22H23F3N4O4S. The van der Waals surface area contributed by atoms with Crippen LogP contribution in [-0.2, 0) is 23.9 Å². The summed E-state index contributed by atoms with van der Waals surface area (Å²) in [6.45, 7) is 0.129. The molecule has 12 heteroatoms. The van der Waals surface area contributed by atoms with E-state index < -0.39 is 28.2 Å². The van der Waals surface area contributed by atoms with E-state index in [1.807, 2.05) is 0 Å². The van der Waals surface area contributed by atoms with Gasteiger partial charge in [-0.25, -0.2) is 0 Å². The predicted octanol–water partition coefficient (Wildman–Crippen LogP) is 3.02. The number of halogens is 3. The molecule has 0 aliphatic heterocycles. The molecule has 1 aromatic carbocycles. The highest BCUT2D eigenvalue weighted by atomic mass is 32.2. The second-order valence-electron chi connectivity index (χ2n) is 7.55. The van der Waals surface area contributed by atoms with Gasteiger partial charge in [-0.05, 0) is 43.9 Å². The first-order valence-corrected chi connectivity index (χ1v) is 11.2. The van der Waals surface area contributed by atoms with E-state index in [9.17, 15) is 22.5 Å². The van der Waals surface area contributed by atoms with E-state index in [1.54, 1.807) is 37.2 Å². The Labute approximate surface area is 197 Å². The zero-order valence-electron chi connectivity index (χ0n) is 18.9. The lowest BCUT2D eigenvalue weighted by Gasteiger charge is -2.16. The van der Waals surface area contributed by atoms with E-state index in [2.05, 4.69) is 9.97 Å². The van der Waals surface area contributed by atoms with Crippen molar-refractivity contribution in [1.29, 1.82) is 0 Å². The molecule has 182 valence electrons. The molecule has 8 nitrogen and oxygen atoms in total. The van der Waals surface area contributed by atoms with Gasteiger partial charge in [0.25, 0.3) is 5.56 Å². The summed E-state index contributed by atoms with van der Waals surface area (Å²) in [5.41, 5.74) is -0.706. The second-order valence-corrected chi connectivity index (χ2v) is 8.86. The van der Waals surface area contributed by atoms with Crippen LogP contribution >= 0.6 is 0 Å². The zero-order chi connectivity index (χ0) is 25.0. The van der Waals surface area contributed by atoms with E-state index in [4.69, 9.17) is 9.47 Å². The van der Waals surface area contributed by atoms with Crippen molar-refractivity contribution in [2.45, 2.75) is 17.9 Å². The Morgan fingerprint density at radius 2 is 1.76 bits per heavy atom. The standard InChI is InChI=1S/C22H23F3N4O4S/c1-28(2)13-34(31)21-26-16(10-19(27-21)22(23,24)25)15-6-8-20(30)29(12-15)11-14-5-7-17(32-3)18(9-14)33-4/h5-10,12H,11,13H2,1-4H3. The van der Waals surface area contributed by atoms with Crippen LogP contribution in [0.25, 0.3) is 11.3 Å². The summed E-state index contributed by atoms with van der Waals surface area (Å²) in [7, 11) is 6.26. The fourth-order valence-electron chi connectivity index (χ4n) is 3.09. The van der Waals surface area contributed by atoms with Crippen LogP contribution in [0.15, 0.2) is 52.5 Å². The smallest absolute Gasteiger partial charge is 0.433 e. The van der Waals surface area contributed by atoms with Gasteiger partial charge in [0.1, 0.15) is 0 Å². The Balaban J connectivity index is 2.04. The highest BCUT2D eigenvalue weighted by Crippen LogP contribution is 2.31. The summed E-state index contributed by atoms with van der Waals surface area (Å²) in [5, 5.41) is -0.434. The average molecular weight is 497 g/mol. The van der Waals surface area contributed by atoms with Gasteiger partial charge in [0.05, 0.1) is 26.5 Å². The van der Waals surface area contributed by atoms with Crippen LogP contribution in [0.3, 0.4) is 0 Å². The molecule has 2 aromatic heterocycles. The first-order valence-electron chi connectivity index (χ1n) is 9.93. The number of hydrogen-bond donors (Lipinski definition) is 0. The third-order valence-electron chi connectivity index (χ3n) is 4.66. The number of aromatic nitrogens is 3. The van der Waals surface area contributed by atoms with Gasteiger partial charge in [0, 0.05) is 29.0 Å². The molecule has 0 radical (unpaired) electrons. The molecule has 1 atom stereocenters. The van der Waals surface area contributed by atoms with Gasteiger partial charge >= 0.3 is 11.3 Å². The van der Waals surface area contributed by atoms with Crippen LogP contribution in [-0.4, -0.2) is 58.2 Å². The number of rotatable bonds is 8. The van der Waals surface area contributed by atoms with Crippen LogP contribution in [0, 0.1) is 0 Å². The molecule has 3 aromatic rings. The Kier molecular flexibility index (Phi) is 7.85. The summed E-state index contributed by atoms with van der Waals surface area (Å²) in [4.78, 5) is 21.6. The Morgan fingerprint density at radius 3 is 2.38 bits per heavy atom. The molecule has 0 bridgehead atoms. The maximum atomic E-state index is 13.5. The molecule has 0 spiro atoms. The molecule has 1 unspecified atom stereocenters. The van der Waals surface area contributed by atoms with Gasteiger partial charge in [0.15, 0.2) is 23.1 Å². The molecule has 0 saturated heterocycles. The quantitative estimate of drug-likeness (QED) is 0.350. The van der Waals surface area contributed by atoms with Gasteiger partial charge in [-0.3, -0.25) is 9.69 Å². The molecule has 3 rings (SSSR count). The van der Waals surface area contributed by atoms with E-state index in [1.165, 1.54) is 37.1 Å². The van der Waals surface area contributed by atoms with E-state index in [0.717, 1.165) is 6.07 Å². The molecular weight excluding hydrogens is 473 g/mol. The minimum Gasteiger partial charge on any atom is -0.608 e. The van der Waals surface area contributed by atoms with E-state index in [0.29, 0.717) is 17.1 Å². The SMILES string of the molecule is COc1ccc(Cn2cc(-c3cc(C(F)(F)F)nc([S+]([O-])CN(C)C)n3)ccc2=O)cc1OC. The molecule has 0 N–H and O–H groups in total. The molecule has 0 fully saturated rings. The van der Waals surface area contributed by atoms with Crippen molar-refractivity contribution in [3.8, 4) is 22.8 Å². The van der Waals surface area contributed by atoms with Crippen molar-refractivity contribution >= 4 is 11.2 Å². The third kappa shape index (κ3) is 6.07. The zero-order valence-corrected chi connectivity index (χ0v) is 19.7. The lowest BCUT2D eigenvalue weighted by atomic mass is 10.1. The topological polar surface area (TPSA) is 92.5 Å². The Bertz CT molecular complexity index is 1220. The lowest BCUT2D eigenvalue weighted by molar-refractivity contribution is -0.141. The number of ether oxygens (including phenoxy) is 2. The fourth-order valence-corrected chi connectivity index (χ4v) is 4.08. The second kappa shape index (κ2) is 10.5. The summed E-state index contributed by atoms with van der Waals surface area (Å²) < 4.78 is 64.7. The normalized spacial score (nSPS) is 12.6. The first kappa shape index (κ1) is 25.5. The number of alkyl halides is 3. The van der Waals surface area contributed by atoms with Gasteiger partial charge < -0.3 is 18.6 Å². The molecule has 0 aliphatic carbocycles. The van der Waals surface area contributed by atoms with Crippen molar-refractivity contribution in [3.05, 3.63) is 64.2 Å². The van der Waals surface area contributed by atoms with Crippen LogP contribution in [0.1, 0.15) is 11.3 Å². The van der Waals surface area contributed by atoms with Gasteiger partial charge in [0.2, 0.25) is 0 Å². The summed E-state index contributed by atoms with van der Waals surface area (Å²) in [6, 6.07) is 8.52. The molecule has 2 heterocycles. The van der Waals surface area contributed by atoms with E-state index >= 15 is 0 Å². The van der Waals surface area contributed by atoms with E-state index in [-0.39, 0.29) is 29.2 Å². The molecule has 34 heavy (non-hydrogen) atoms. The van der Waals surface area contributed by atoms with Crippen LogP contribution in [0.5, 0.6) is 11.5 Å². The minimum atomic E-state index is -4.76. The monoisotopic (exact) mass is 496 g/mol. The number of methoxy groups -OCH3 is 2. The number of benzene rings is 1. The van der Waals surface area contributed by atoms with Crippen molar-refractivity contribution in [1.82, 2.24) is 19.4 Å². The Hall–Kier alpha value is -3.09. The van der Waals surface area contributed by atoms with Crippen molar-refractivity contribution in [3.63, 3.8) is 0 Å². The van der Waals surface area contributed by atoms with Crippen LogP contribution in [0.2, 0.25) is 0 Å². The first-order chi connectivity index (χ1) is 16.0. The van der Waals surface area contributed by atoms with Crippen LogP contribution < -0.4 is 15.0 Å². The summed E-state index contributed by atoms with van der Waals surface area (Å²) >= 11 is -1.88. The summed E-state index contributed by atoms with van der Waals surface area (Å²) in [6.07, 6.45) is -3.36. The highest BCUT2D eigenvalue weighted by Gasteiger charge is 2.35. The van der Waals surface area contributed by atoms with Gasteiger partial charge in [-0.1, -0.05) is 6.07 Å². The van der Waals surface area contributed by atoms with Crippen molar-refractivity contribution in [2.24, 2.45) is 0 Å². The molecule has 0 aliphatic rings. The number of pyridine rings is 1. The van der Waals surface area contributed by atoms with Gasteiger partial charge in [-0.15, -0.1) is 0 Å². The maximum Gasteiger partial charge on any atom is 0.433 e. The molecule has 0 amide bonds. The Morgan fingerprint density at radius 1 is 1.06 bits per heavy atom. The van der Waals surface area contributed by atoms with Gasteiger partial charge in [-0.2, -0.15) is 23.1 Å². The van der Waals surface area contributed by atoms with Crippen molar-refractivity contribution in [2.75, 3.05) is 34.2 Å². The van der Waals surface area contributed by atoms with Crippen LogP contribution in [0.4, 0.5) is 13.2 Å². The number of nitrogens with zero attached hydrogens (tertiary/aromatic N) is 4. The predicted molar refractivity (Wildman–Crippen MR) is 120 cm³/mol. The lowest BCUT2D eigenvalue weighted by Crippen LogP contribution is -2.25. The third-order valence-corrected chi connectivity index (χ3v) is 6.00.